The fourth-order valence-corrected chi connectivity index (χ4v) is 3.66. The van der Waals surface area contributed by atoms with Crippen LogP contribution in [0.3, 0.4) is 0 Å². The van der Waals surface area contributed by atoms with E-state index in [2.05, 4.69) is 6.07 Å². The second-order valence-corrected chi connectivity index (χ2v) is 5.84. The minimum atomic E-state index is -2.52. The highest BCUT2D eigenvalue weighted by Crippen LogP contribution is 2.54. The largest absolute Gasteiger partial charge is 0.330 e. The Morgan fingerprint density at radius 2 is 1.83 bits per heavy atom. The molecule has 0 radical (unpaired) electrons. The Bertz CT molecular complexity index is 460. The first-order valence-electron chi connectivity index (χ1n) is 6.76. The number of nitrogens with two attached hydrogens (primary N) is 1. The first-order chi connectivity index (χ1) is 8.56. The summed E-state index contributed by atoms with van der Waals surface area (Å²) in [4.78, 5) is 0. The van der Waals surface area contributed by atoms with Crippen LogP contribution >= 0.6 is 0 Å². The Morgan fingerprint density at radius 3 is 2.50 bits per heavy atom. The molecule has 3 heteroatoms. The molecule has 0 saturated heterocycles. The quantitative estimate of drug-likeness (QED) is 0.858. The van der Waals surface area contributed by atoms with Gasteiger partial charge < -0.3 is 5.73 Å². The maximum atomic E-state index is 13.3. The lowest BCUT2D eigenvalue weighted by Crippen LogP contribution is -2.54. The molecular formula is C15H19F2N. The second-order valence-electron chi connectivity index (χ2n) is 5.84. The first-order valence-corrected chi connectivity index (χ1v) is 6.76. The monoisotopic (exact) mass is 251 g/mol. The lowest BCUT2D eigenvalue weighted by molar-refractivity contribution is -0.124. The summed E-state index contributed by atoms with van der Waals surface area (Å²) in [5.74, 6) is -2.52. The van der Waals surface area contributed by atoms with Crippen LogP contribution in [0.25, 0.3) is 0 Å². The number of hydrogen-bond acceptors (Lipinski definition) is 1. The van der Waals surface area contributed by atoms with E-state index in [4.69, 9.17) is 5.73 Å². The lowest BCUT2D eigenvalue weighted by Gasteiger charge is -2.48. The molecule has 0 aromatic heterocycles. The van der Waals surface area contributed by atoms with Crippen molar-refractivity contribution in [2.24, 2.45) is 5.73 Å². The van der Waals surface area contributed by atoms with E-state index in [1.165, 1.54) is 24.0 Å². The summed E-state index contributed by atoms with van der Waals surface area (Å²) in [6.07, 6.45) is 4.34. The number of halogens is 2. The third kappa shape index (κ3) is 1.76. The highest BCUT2D eigenvalue weighted by molar-refractivity contribution is 5.44. The van der Waals surface area contributed by atoms with Gasteiger partial charge in [0.25, 0.3) is 0 Å². The van der Waals surface area contributed by atoms with E-state index in [-0.39, 0.29) is 12.8 Å². The van der Waals surface area contributed by atoms with Gasteiger partial charge in [-0.15, -0.1) is 0 Å². The molecule has 1 fully saturated rings. The zero-order chi connectivity index (χ0) is 12.8. The van der Waals surface area contributed by atoms with Crippen LogP contribution in [-0.4, -0.2) is 12.5 Å². The lowest BCUT2D eigenvalue weighted by atomic mass is 9.60. The molecular weight excluding hydrogens is 232 g/mol. The van der Waals surface area contributed by atoms with Gasteiger partial charge in [0.05, 0.1) is 0 Å². The van der Waals surface area contributed by atoms with E-state index in [9.17, 15) is 8.78 Å². The summed E-state index contributed by atoms with van der Waals surface area (Å²) in [6, 6.07) is 6.17. The van der Waals surface area contributed by atoms with Crippen molar-refractivity contribution < 1.29 is 8.78 Å². The van der Waals surface area contributed by atoms with Gasteiger partial charge >= 0.3 is 0 Å². The van der Waals surface area contributed by atoms with Gasteiger partial charge in [-0.05, 0) is 42.4 Å². The Balaban J connectivity index is 2.01. The van der Waals surface area contributed by atoms with Crippen LogP contribution in [0.4, 0.5) is 8.78 Å². The normalized spacial score (nSPS) is 24.2. The molecule has 0 spiro atoms. The third-order valence-corrected chi connectivity index (χ3v) is 4.55. The van der Waals surface area contributed by atoms with Gasteiger partial charge in [0, 0.05) is 24.8 Å². The first kappa shape index (κ1) is 12.1. The Kier molecular flexibility index (Phi) is 2.70. The number of hydrogen-bond donors (Lipinski definition) is 1. The molecule has 0 amide bonds. The predicted octanol–water partition coefficient (Wildman–Crippen LogP) is 3.19. The fourth-order valence-electron chi connectivity index (χ4n) is 3.66. The van der Waals surface area contributed by atoms with Crippen molar-refractivity contribution in [1.29, 1.82) is 0 Å². The molecule has 0 unspecified atom stereocenters. The van der Waals surface area contributed by atoms with Crippen molar-refractivity contribution in [1.82, 2.24) is 0 Å². The van der Waals surface area contributed by atoms with Gasteiger partial charge in [-0.3, -0.25) is 0 Å². The third-order valence-electron chi connectivity index (χ3n) is 4.55. The molecule has 2 aliphatic carbocycles. The van der Waals surface area contributed by atoms with Crippen LogP contribution in [0.2, 0.25) is 0 Å². The Morgan fingerprint density at radius 1 is 1.11 bits per heavy atom. The van der Waals surface area contributed by atoms with Crippen molar-refractivity contribution in [2.75, 3.05) is 6.54 Å². The number of aryl methyl sites for hydroxylation is 1. The van der Waals surface area contributed by atoms with Crippen molar-refractivity contribution in [2.45, 2.75) is 49.9 Å². The van der Waals surface area contributed by atoms with Crippen LogP contribution in [0, 0.1) is 0 Å². The number of benzene rings is 1. The molecule has 0 aliphatic heterocycles. The summed E-state index contributed by atoms with van der Waals surface area (Å²) in [7, 11) is 0. The molecule has 98 valence electrons. The summed E-state index contributed by atoms with van der Waals surface area (Å²) in [6.45, 7) is 0.332. The van der Waals surface area contributed by atoms with E-state index >= 15 is 0 Å². The van der Waals surface area contributed by atoms with Gasteiger partial charge in [0.15, 0.2) is 0 Å². The molecule has 2 N–H and O–H groups in total. The second kappa shape index (κ2) is 4.02. The molecule has 1 aromatic carbocycles. The van der Waals surface area contributed by atoms with Crippen molar-refractivity contribution in [3.05, 3.63) is 34.9 Å². The topological polar surface area (TPSA) is 26.0 Å². The summed E-state index contributed by atoms with van der Waals surface area (Å²) >= 11 is 0. The summed E-state index contributed by atoms with van der Waals surface area (Å²) < 4.78 is 26.6. The van der Waals surface area contributed by atoms with Gasteiger partial charge in [-0.2, -0.15) is 0 Å². The Hall–Kier alpha value is -0.960. The van der Waals surface area contributed by atoms with Gasteiger partial charge in [0.1, 0.15) is 0 Å². The van der Waals surface area contributed by atoms with Crippen molar-refractivity contribution in [3.8, 4) is 0 Å². The minimum absolute atomic E-state index is 0.0764. The van der Waals surface area contributed by atoms with Crippen LogP contribution in [0.5, 0.6) is 0 Å². The zero-order valence-corrected chi connectivity index (χ0v) is 10.5. The van der Waals surface area contributed by atoms with Gasteiger partial charge in [-0.1, -0.05) is 18.2 Å². The molecule has 0 atom stereocenters. The van der Waals surface area contributed by atoms with Crippen molar-refractivity contribution in [3.63, 3.8) is 0 Å². The predicted molar refractivity (Wildman–Crippen MR) is 68.0 cm³/mol. The van der Waals surface area contributed by atoms with Crippen LogP contribution in [0.1, 0.15) is 42.4 Å². The molecule has 1 aromatic rings. The van der Waals surface area contributed by atoms with E-state index in [0.717, 1.165) is 18.4 Å². The molecule has 1 nitrogen and oxygen atoms in total. The molecule has 3 rings (SSSR count). The van der Waals surface area contributed by atoms with Crippen LogP contribution in [0.15, 0.2) is 18.2 Å². The fraction of sp³-hybridized carbons (Fsp3) is 0.600. The number of fused-ring (bicyclic) bond motifs is 1. The highest BCUT2D eigenvalue weighted by Gasteiger charge is 2.57. The molecule has 1 saturated carbocycles. The van der Waals surface area contributed by atoms with Crippen LogP contribution in [-0.2, 0) is 18.3 Å². The highest BCUT2D eigenvalue weighted by atomic mass is 19.3. The number of rotatable bonds is 2. The summed E-state index contributed by atoms with van der Waals surface area (Å²) in [5.41, 5.74) is 9.12. The minimum Gasteiger partial charge on any atom is -0.330 e. The number of alkyl halides is 2. The van der Waals surface area contributed by atoms with E-state index in [1.807, 2.05) is 12.1 Å². The van der Waals surface area contributed by atoms with Crippen LogP contribution < -0.4 is 5.73 Å². The molecule has 18 heavy (non-hydrogen) atoms. The van der Waals surface area contributed by atoms with E-state index < -0.39 is 11.3 Å². The zero-order valence-electron chi connectivity index (χ0n) is 10.5. The average Bonchev–Trinajstić information content (AvgIpc) is 2.35. The SMILES string of the molecule is NCC1(c2cccc3c2CCCC3)CC(F)(F)C1. The van der Waals surface area contributed by atoms with Gasteiger partial charge in [-0.25, -0.2) is 8.78 Å². The van der Waals surface area contributed by atoms with Crippen molar-refractivity contribution >= 4 is 0 Å². The molecule has 2 aliphatic rings. The standard InChI is InChI=1S/C15H19F2N/c16-15(17)8-14(9-15,10-18)13-7-3-5-11-4-1-2-6-12(11)13/h3,5,7H,1-2,4,6,8-10,18H2. The van der Waals surface area contributed by atoms with Gasteiger partial charge in [0.2, 0.25) is 5.92 Å². The van der Waals surface area contributed by atoms with E-state index in [1.54, 1.807) is 0 Å². The average molecular weight is 251 g/mol. The maximum absolute atomic E-state index is 13.3. The van der Waals surface area contributed by atoms with E-state index in [0.29, 0.717) is 6.54 Å². The maximum Gasteiger partial charge on any atom is 0.250 e. The summed E-state index contributed by atoms with van der Waals surface area (Å²) in [5, 5.41) is 0. The smallest absolute Gasteiger partial charge is 0.250 e. The molecule has 0 bridgehead atoms. The molecule has 0 heterocycles. The Labute approximate surface area is 106 Å².